The Hall–Kier alpha value is -2.80. The largest absolute Gasteiger partial charge is 0.368 e. The topological polar surface area (TPSA) is 77.6 Å². The molecule has 0 bridgehead atoms. The molecule has 1 saturated heterocycles. The van der Waals surface area contributed by atoms with Crippen molar-refractivity contribution in [3.8, 4) is 0 Å². The number of rotatable bonds is 4. The first-order valence-corrected chi connectivity index (χ1v) is 9.18. The zero-order valence-corrected chi connectivity index (χ0v) is 15.8. The van der Waals surface area contributed by atoms with Crippen LogP contribution >= 0.6 is 11.6 Å². The second-order valence-electron chi connectivity index (χ2n) is 6.33. The van der Waals surface area contributed by atoms with Crippen molar-refractivity contribution in [2.24, 2.45) is 0 Å². The predicted molar refractivity (Wildman–Crippen MR) is 106 cm³/mol. The summed E-state index contributed by atoms with van der Waals surface area (Å²) in [7, 11) is 0. The van der Waals surface area contributed by atoms with Crippen LogP contribution in [0.25, 0.3) is 0 Å². The van der Waals surface area contributed by atoms with Crippen LogP contribution in [-0.4, -0.2) is 54.0 Å². The number of nitrogens with one attached hydrogen (secondary N) is 2. The van der Waals surface area contributed by atoms with E-state index in [2.05, 4.69) is 20.5 Å². The van der Waals surface area contributed by atoms with E-state index < -0.39 is 6.04 Å². The molecule has 3 amide bonds. The SMILES string of the molecule is C[C@@H](NC(=O)N1CCN(c2ccc(Cl)cc2)CC1)C(=O)Nc1ccccn1. The molecule has 27 heavy (non-hydrogen) atoms. The number of carbonyl (C=O) groups excluding carboxylic acids is 2. The number of urea groups is 1. The monoisotopic (exact) mass is 387 g/mol. The van der Waals surface area contributed by atoms with Gasteiger partial charge in [0.25, 0.3) is 0 Å². The van der Waals surface area contributed by atoms with E-state index in [0.29, 0.717) is 23.9 Å². The van der Waals surface area contributed by atoms with Gasteiger partial charge < -0.3 is 20.4 Å². The van der Waals surface area contributed by atoms with E-state index in [1.54, 1.807) is 36.2 Å². The summed E-state index contributed by atoms with van der Waals surface area (Å²) < 4.78 is 0. The molecule has 0 aliphatic carbocycles. The summed E-state index contributed by atoms with van der Waals surface area (Å²) in [5.41, 5.74) is 1.09. The average molecular weight is 388 g/mol. The van der Waals surface area contributed by atoms with Gasteiger partial charge in [-0.25, -0.2) is 9.78 Å². The number of hydrogen-bond donors (Lipinski definition) is 2. The van der Waals surface area contributed by atoms with E-state index in [1.165, 1.54) is 0 Å². The fourth-order valence-electron chi connectivity index (χ4n) is 2.83. The number of hydrogen-bond acceptors (Lipinski definition) is 4. The highest BCUT2D eigenvalue weighted by Gasteiger charge is 2.24. The van der Waals surface area contributed by atoms with Crippen molar-refractivity contribution in [2.75, 3.05) is 36.4 Å². The summed E-state index contributed by atoms with van der Waals surface area (Å²) in [6.07, 6.45) is 1.60. The molecule has 1 fully saturated rings. The highest BCUT2D eigenvalue weighted by Crippen LogP contribution is 2.19. The lowest BCUT2D eigenvalue weighted by Crippen LogP contribution is -2.54. The minimum absolute atomic E-state index is 0.241. The molecule has 0 saturated carbocycles. The Bertz CT molecular complexity index is 776. The zero-order chi connectivity index (χ0) is 19.2. The van der Waals surface area contributed by atoms with Crippen molar-refractivity contribution in [3.05, 3.63) is 53.7 Å². The smallest absolute Gasteiger partial charge is 0.318 e. The van der Waals surface area contributed by atoms with Gasteiger partial charge in [-0.3, -0.25) is 4.79 Å². The summed E-state index contributed by atoms with van der Waals surface area (Å²) >= 11 is 5.92. The summed E-state index contributed by atoms with van der Waals surface area (Å²) in [6.45, 7) is 4.28. The first-order valence-electron chi connectivity index (χ1n) is 8.81. The summed E-state index contributed by atoms with van der Waals surface area (Å²) in [5.74, 6) is 0.155. The van der Waals surface area contributed by atoms with Gasteiger partial charge in [0.2, 0.25) is 5.91 Å². The van der Waals surface area contributed by atoms with E-state index in [4.69, 9.17) is 11.6 Å². The number of benzene rings is 1. The molecule has 3 rings (SSSR count). The lowest BCUT2D eigenvalue weighted by Gasteiger charge is -2.36. The van der Waals surface area contributed by atoms with E-state index >= 15 is 0 Å². The maximum atomic E-state index is 12.4. The Morgan fingerprint density at radius 1 is 1.07 bits per heavy atom. The lowest BCUT2D eigenvalue weighted by atomic mass is 10.2. The molecule has 1 aromatic heterocycles. The summed E-state index contributed by atoms with van der Waals surface area (Å²) in [5, 5.41) is 6.13. The quantitative estimate of drug-likeness (QED) is 0.845. The molecule has 2 aromatic rings. The fourth-order valence-corrected chi connectivity index (χ4v) is 2.96. The molecule has 142 valence electrons. The van der Waals surface area contributed by atoms with E-state index in [0.717, 1.165) is 18.8 Å². The lowest BCUT2D eigenvalue weighted by molar-refractivity contribution is -0.117. The van der Waals surface area contributed by atoms with Crippen LogP contribution in [0, 0.1) is 0 Å². The predicted octanol–water partition coefficient (Wildman–Crippen LogP) is 2.59. The Morgan fingerprint density at radius 3 is 2.41 bits per heavy atom. The standard InChI is InChI=1S/C19H22ClN5O2/c1-14(18(26)23-17-4-2-3-9-21-17)22-19(27)25-12-10-24(11-13-25)16-7-5-15(20)6-8-16/h2-9,14H,10-13H2,1H3,(H,22,27)(H,21,23,26)/t14-/m1/s1. The number of anilines is 2. The maximum Gasteiger partial charge on any atom is 0.318 e. The minimum atomic E-state index is -0.659. The number of nitrogens with zero attached hydrogens (tertiary/aromatic N) is 3. The number of halogens is 1. The molecule has 0 spiro atoms. The van der Waals surface area contributed by atoms with Gasteiger partial charge in [0.05, 0.1) is 0 Å². The normalized spacial score (nSPS) is 15.2. The number of piperazine rings is 1. The molecule has 1 aliphatic heterocycles. The molecule has 0 radical (unpaired) electrons. The van der Waals surface area contributed by atoms with Gasteiger partial charge in [-0.05, 0) is 43.3 Å². The molecule has 1 aliphatic rings. The molecule has 2 heterocycles. The highest BCUT2D eigenvalue weighted by atomic mass is 35.5. The Balaban J connectivity index is 1.47. The van der Waals surface area contributed by atoms with Crippen LogP contribution in [0.2, 0.25) is 5.02 Å². The fraction of sp³-hybridized carbons (Fsp3) is 0.316. The van der Waals surface area contributed by atoms with E-state index in [1.807, 2.05) is 24.3 Å². The van der Waals surface area contributed by atoms with Crippen molar-refractivity contribution in [3.63, 3.8) is 0 Å². The summed E-state index contributed by atoms with van der Waals surface area (Å²) in [4.78, 5) is 32.6. The van der Waals surface area contributed by atoms with Gasteiger partial charge in [0.1, 0.15) is 11.9 Å². The van der Waals surface area contributed by atoms with E-state index in [9.17, 15) is 9.59 Å². The molecule has 1 aromatic carbocycles. The number of aromatic nitrogens is 1. The first-order chi connectivity index (χ1) is 13.0. The van der Waals surface area contributed by atoms with E-state index in [-0.39, 0.29) is 11.9 Å². The zero-order valence-electron chi connectivity index (χ0n) is 15.1. The van der Waals surface area contributed by atoms with Crippen LogP contribution in [0.15, 0.2) is 48.7 Å². The van der Waals surface area contributed by atoms with Crippen molar-refractivity contribution >= 4 is 35.0 Å². The van der Waals surface area contributed by atoms with Crippen LogP contribution in [-0.2, 0) is 4.79 Å². The summed E-state index contributed by atoms with van der Waals surface area (Å²) in [6, 6.07) is 12.0. The van der Waals surface area contributed by atoms with Crippen molar-refractivity contribution in [1.29, 1.82) is 0 Å². The number of carbonyl (C=O) groups is 2. The van der Waals surface area contributed by atoms with Crippen molar-refractivity contribution < 1.29 is 9.59 Å². The Morgan fingerprint density at radius 2 is 1.78 bits per heavy atom. The van der Waals surface area contributed by atoms with Crippen LogP contribution in [0.5, 0.6) is 0 Å². The third-order valence-corrected chi connectivity index (χ3v) is 4.66. The van der Waals surface area contributed by atoms with Crippen LogP contribution in [0.1, 0.15) is 6.92 Å². The van der Waals surface area contributed by atoms with Crippen LogP contribution < -0.4 is 15.5 Å². The highest BCUT2D eigenvalue weighted by molar-refractivity contribution is 6.30. The van der Waals surface area contributed by atoms with Gasteiger partial charge in [0.15, 0.2) is 0 Å². The van der Waals surface area contributed by atoms with Crippen LogP contribution in [0.3, 0.4) is 0 Å². The maximum absolute atomic E-state index is 12.4. The minimum Gasteiger partial charge on any atom is -0.368 e. The van der Waals surface area contributed by atoms with Crippen molar-refractivity contribution in [2.45, 2.75) is 13.0 Å². The van der Waals surface area contributed by atoms with Gasteiger partial charge in [-0.1, -0.05) is 17.7 Å². The number of pyridine rings is 1. The molecule has 1 atom stereocenters. The first kappa shape index (κ1) is 19.0. The van der Waals surface area contributed by atoms with Gasteiger partial charge in [-0.15, -0.1) is 0 Å². The molecule has 8 heteroatoms. The van der Waals surface area contributed by atoms with Crippen molar-refractivity contribution in [1.82, 2.24) is 15.2 Å². The molecule has 7 nitrogen and oxygen atoms in total. The van der Waals surface area contributed by atoms with Gasteiger partial charge in [-0.2, -0.15) is 0 Å². The molecule has 0 unspecified atom stereocenters. The Labute approximate surface area is 163 Å². The molecular weight excluding hydrogens is 366 g/mol. The third kappa shape index (κ3) is 5.10. The van der Waals surface area contributed by atoms with Crippen LogP contribution in [0.4, 0.5) is 16.3 Å². The average Bonchev–Trinajstić information content (AvgIpc) is 2.69. The Kier molecular flexibility index (Phi) is 6.13. The molecule has 2 N–H and O–H groups in total. The third-order valence-electron chi connectivity index (χ3n) is 4.41. The second-order valence-corrected chi connectivity index (χ2v) is 6.76. The van der Waals surface area contributed by atoms with Gasteiger partial charge >= 0.3 is 6.03 Å². The number of amides is 3. The van der Waals surface area contributed by atoms with Gasteiger partial charge in [0, 0.05) is 43.1 Å². The molecular formula is C19H22ClN5O2. The second kappa shape index (κ2) is 8.73.